The van der Waals surface area contributed by atoms with Crippen LogP contribution in [0.25, 0.3) is 0 Å². The summed E-state index contributed by atoms with van der Waals surface area (Å²) < 4.78 is 10.7. The number of ether oxygens (including phenoxy) is 2. The van der Waals surface area contributed by atoms with Crippen LogP contribution in [-0.4, -0.2) is 56.5 Å². The summed E-state index contributed by atoms with van der Waals surface area (Å²) in [6.45, 7) is 4.70. The van der Waals surface area contributed by atoms with Crippen molar-refractivity contribution in [3.8, 4) is 11.5 Å². The fourth-order valence-corrected chi connectivity index (χ4v) is 3.07. The molecule has 0 spiro atoms. The predicted octanol–water partition coefficient (Wildman–Crippen LogP) is 3.51. The fourth-order valence-electron chi connectivity index (χ4n) is 2.94. The van der Waals surface area contributed by atoms with Crippen LogP contribution in [0.4, 0.5) is 0 Å². The molecule has 6 heteroatoms. The van der Waals surface area contributed by atoms with Crippen molar-refractivity contribution in [2.24, 2.45) is 5.10 Å². The molecule has 0 amide bonds. The van der Waals surface area contributed by atoms with Crippen molar-refractivity contribution >= 4 is 17.8 Å². The Hall–Kier alpha value is -2.24. The van der Waals surface area contributed by atoms with Gasteiger partial charge in [0.25, 0.3) is 0 Å². The number of hydrazone groups is 1. The molecule has 1 fully saturated rings. The van der Waals surface area contributed by atoms with Crippen LogP contribution < -0.4 is 9.47 Å². The molecule has 26 heavy (non-hydrogen) atoms. The van der Waals surface area contributed by atoms with E-state index < -0.39 is 0 Å². The topological polar surface area (TPSA) is 37.3 Å². The van der Waals surface area contributed by atoms with E-state index in [9.17, 15) is 0 Å². The molecule has 0 atom stereocenters. The highest BCUT2D eigenvalue weighted by Gasteiger charge is 2.15. The van der Waals surface area contributed by atoms with E-state index in [1.807, 2.05) is 36.5 Å². The van der Waals surface area contributed by atoms with Crippen LogP contribution in [0.3, 0.4) is 0 Å². The van der Waals surface area contributed by atoms with Crippen LogP contribution in [0.1, 0.15) is 11.1 Å². The Morgan fingerprint density at radius 3 is 2.38 bits per heavy atom. The van der Waals surface area contributed by atoms with E-state index in [1.54, 1.807) is 14.2 Å². The lowest BCUT2D eigenvalue weighted by Crippen LogP contribution is -2.43. The molecule has 0 unspecified atom stereocenters. The Morgan fingerprint density at radius 2 is 1.73 bits per heavy atom. The molecule has 0 aliphatic carbocycles. The first kappa shape index (κ1) is 18.5. The molecule has 0 aromatic heterocycles. The zero-order valence-electron chi connectivity index (χ0n) is 15.2. The largest absolute Gasteiger partial charge is 0.497 e. The quantitative estimate of drug-likeness (QED) is 0.726. The molecule has 138 valence electrons. The first-order valence-electron chi connectivity index (χ1n) is 8.65. The highest BCUT2D eigenvalue weighted by atomic mass is 35.5. The maximum absolute atomic E-state index is 5.95. The lowest BCUT2D eigenvalue weighted by Gasteiger charge is -2.33. The van der Waals surface area contributed by atoms with Crippen LogP contribution in [0, 0.1) is 0 Å². The van der Waals surface area contributed by atoms with Crippen LogP contribution in [0.15, 0.2) is 47.6 Å². The van der Waals surface area contributed by atoms with Gasteiger partial charge in [-0.2, -0.15) is 5.10 Å². The van der Waals surface area contributed by atoms with E-state index in [0.29, 0.717) is 0 Å². The summed E-state index contributed by atoms with van der Waals surface area (Å²) in [5.41, 5.74) is 2.20. The maximum Gasteiger partial charge on any atom is 0.127 e. The number of halogens is 1. The number of nitrogens with zero attached hydrogens (tertiary/aromatic N) is 3. The minimum absolute atomic E-state index is 0.779. The Kier molecular flexibility index (Phi) is 6.36. The van der Waals surface area contributed by atoms with Crippen LogP contribution in [-0.2, 0) is 6.54 Å². The van der Waals surface area contributed by atoms with Gasteiger partial charge in [-0.1, -0.05) is 23.7 Å². The van der Waals surface area contributed by atoms with E-state index in [2.05, 4.69) is 27.1 Å². The average Bonchev–Trinajstić information content (AvgIpc) is 2.69. The standard InChI is InChI=1S/C20H24ClN3O2/c1-25-19-7-8-20(26-2)17(13-19)14-22-24-11-9-23(10-12-24)15-16-3-5-18(21)6-4-16/h3-8,13-14H,9-12,15H2,1-2H3/b22-14+. The number of piperazine rings is 1. The molecule has 3 rings (SSSR count). The molecule has 0 saturated carbocycles. The number of hydrogen-bond donors (Lipinski definition) is 0. The molecular weight excluding hydrogens is 350 g/mol. The summed E-state index contributed by atoms with van der Waals surface area (Å²) in [6.07, 6.45) is 1.84. The van der Waals surface area contributed by atoms with Crippen molar-refractivity contribution < 1.29 is 9.47 Å². The van der Waals surface area contributed by atoms with Gasteiger partial charge < -0.3 is 9.47 Å². The minimum Gasteiger partial charge on any atom is -0.497 e. The predicted molar refractivity (Wildman–Crippen MR) is 105 cm³/mol. The normalized spacial score (nSPS) is 15.4. The summed E-state index contributed by atoms with van der Waals surface area (Å²) in [5.74, 6) is 1.58. The Bertz CT molecular complexity index is 741. The molecular formula is C20H24ClN3O2. The van der Waals surface area contributed by atoms with Crippen molar-refractivity contribution in [1.82, 2.24) is 9.91 Å². The second kappa shape index (κ2) is 8.92. The van der Waals surface area contributed by atoms with Gasteiger partial charge in [0.1, 0.15) is 11.5 Å². The summed E-state index contributed by atoms with van der Waals surface area (Å²) in [4.78, 5) is 2.43. The third kappa shape index (κ3) is 4.90. The second-order valence-electron chi connectivity index (χ2n) is 6.21. The van der Waals surface area contributed by atoms with Crippen molar-refractivity contribution in [2.45, 2.75) is 6.54 Å². The van der Waals surface area contributed by atoms with Crippen molar-refractivity contribution in [3.05, 3.63) is 58.6 Å². The highest BCUT2D eigenvalue weighted by Crippen LogP contribution is 2.22. The molecule has 1 aliphatic rings. The summed E-state index contributed by atoms with van der Waals surface area (Å²) >= 11 is 5.95. The van der Waals surface area contributed by atoms with Crippen molar-refractivity contribution in [2.75, 3.05) is 40.4 Å². The molecule has 2 aromatic rings. The van der Waals surface area contributed by atoms with Gasteiger partial charge in [-0.05, 0) is 35.9 Å². The minimum atomic E-state index is 0.779. The van der Waals surface area contributed by atoms with Crippen LogP contribution >= 0.6 is 11.6 Å². The fraction of sp³-hybridized carbons (Fsp3) is 0.350. The molecule has 1 saturated heterocycles. The van der Waals surface area contributed by atoms with Crippen molar-refractivity contribution in [1.29, 1.82) is 0 Å². The van der Waals surface area contributed by atoms with Gasteiger partial charge in [0.05, 0.1) is 20.4 Å². The molecule has 1 heterocycles. The van der Waals surface area contributed by atoms with E-state index in [-0.39, 0.29) is 0 Å². The Balaban J connectivity index is 1.55. The molecule has 0 bridgehead atoms. The van der Waals surface area contributed by atoms with Gasteiger partial charge in [-0.3, -0.25) is 9.91 Å². The Labute approximate surface area is 159 Å². The highest BCUT2D eigenvalue weighted by molar-refractivity contribution is 6.30. The Morgan fingerprint density at radius 1 is 1.00 bits per heavy atom. The number of methoxy groups -OCH3 is 2. The lowest BCUT2D eigenvalue weighted by molar-refractivity contribution is 0.131. The molecule has 0 N–H and O–H groups in total. The summed E-state index contributed by atoms with van der Waals surface area (Å²) in [7, 11) is 3.32. The third-order valence-corrected chi connectivity index (χ3v) is 4.72. The SMILES string of the molecule is COc1ccc(OC)c(/C=N/N2CCN(Cc3ccc(Cl)cc3)CC2)c1. The van der Waals surface area contributed by atoms with Crippen LogP contribution in [0.5, 0.6) is 11.5 Å². The van der Waals surface area contributed by atoms with Gasteiger partial charge >= 0.3 is 0 Å². The maximum atomic E-state index is 5.95. The van der Waals surface area contributed by atoms with Gasteiger partial charge in [0.2, 0.25) is 0 Å². The van der Waals surface area contributed by atoms with Gasteiger partial charge in [-0.25, -0.2) is 0 Å². The zero-order chi connectivity index (χ0) is 18.4. The zero-order valence-corrected chi connectivity index (χ0v) is 15.9. The van der Waals surface area contributed by atoms with E-state index in [0.717, 1.165) is 54.8 Å². The van der Waals surface area contributed by atoms with E-state index in [4.69, 9.17) is 21.1 Å². The monoisotopic (exact) mass is 373 g/mol. The molecule has 0 radical (unpaired) electrons. The first-order valence-corrected chi connectivity index (χ1v) is 9.03. The van der Waals surface area contributed by atoms with Gasteiger partial charge in [-0.15, -0.1) is 0 Å². The number of rotatable bonds is 6. The summed E-state index contributed by atoms with van der Waals surface area (Å²) in [5, 5.41) is 7.49. The average molecular weight is 374 g/mol. The first-order chi connectivity index (χ1) is 12.7. The van der Waals surface area contributed by atoms with Crippen LogP contribution in [0.2, 0.25) is 5.02 Å². The van der Waals surface area contributed by atoms with E-state index >= 15 is 0 Å². The number of benzene rings is 2. The lowest BCUT2D eigenvalue weighted by atomic mass is 10.2. The van der Waals surface area contributed by atoms with E-state index in [1.165, 1.54) is 5.56 Å². The molecule has 1 aliphatic heterocycles. The smallest absolute Gasteiger partial charge is 0.127 e. The second-order valence-corrected chi connectivity index (χ2v) is 6.65. The van der Waals surface area contributed by atoms with Gasteiger partial charge in [0, 0.05) is 43.3 Å². The number of hydrogen-bond acceptors (Lipinski definition) is 5. The molecule has 2 aromatic carbocycles. The third-order valence-electron chi connectivity index (χ3n) is 4.47. The summed E-state index contributed by atoms with van der Waals surface area (Å²) in [6, 6.07) is 13.8. The molecule has 5 nitrogen and oxygen atoms in total. The van der Waals surface area contributed by atoms with Crippen molar-refractivity contribution in [3.63, 3.8) is 0 Å². The van der Waals surface area contributed by atoms with Gasteiger partial charge in [0.15, 0.2) is 0 Å².